The van der Waals surface area contributed by atoms with Gasteiger partial charge in [0.1, 0.15) is 11.3 Å². The fourth-order valence-electron chi connectivity index (χ4n) is 4.93. The number of ketones is 1. The summed E-state index contributed by atoms with van der Waals surface area (Å²) >= 11 is 0. The van der Waals surface area contributed by atoms with Crippen molar-refractivity contribution in [1.29, 1.82) is 0 Å². The molecule has 3 aromatic rings. The Morgan fingerprint density at radius 2 is 1.87 bits per heavy atom. The Labute approximate surface area is 217 Å². The molecule has 0 saturated carbocycles. The van der Waals surface area contributed by atoms with Gasteiger partial charge in [0.05, 0.1) is 19.3 Å². The first kappa shape index (κ1) is 27.6. The van der Waals surface area contributed by atoms with Crippen molar-refractivity contribution in [2.24, 2.45) is 0 Å². The standard InChI is InChI=1S/C27H29F4N3O4/c1-37-14-13-34-16-21(19-7-10-32-25(38-2)24(19)34)26(36)33-11-8-18(9-12-33)20-15-17(3-5-22(20)28)4-6-23(35)27(29,30)31/h3,5,7,10,15-16,18H,4,6,8-9,11-14H2,1-2H3. The van der Waals surface area contributed by atoms with Crippen molar-refractivity contribution in [2.75, 3.05) is 33.9 Å². The van der Waals surface area contributed by atoms with Crippen molar-refractivity contribution >= 4 is 22.6 Å². The highest BCUT2D eigenvalue weighted by molar-refractivity contribution is 6.08. The summed E-state index contributed by atoms with van der Waals surface area (Å²) in [6, 6.07) is 5.95. The van der Waals surface area contributed by atoms with Crippen LogP contribution in [0.3, 0.4) is 0 Å². The van der Waals surface area contributed by atoms with Gasteiger partial charge in [-0.3, -0.25) is 9.59 Å². The summed E-state index contributed by atoms with van der Waals surface area (Å²) in [7, 11) is 3.11. The topological polar surface area (TPSA) is 73.7 Å². The molecular formula is C27H29F4N3O4. The number of carbonyl (C=O) groups excluding carboxylic acids is 2. The number of hydrogen-bond donors (Lipinski definition) is 0. The Morgan fingerprint density at radius 1 is 1.13 bits per heavy atom. The fraction of sp³-hybridized carbons (Fsp3) is 0.444. The number of pyridine rings is 1. The first-order valence-corrected chi connectivity index (χ1v) is 12.3. The molecule has 0 aliphatic carbocycles. The lowest BCUT2D eigenvalue weighted by atomic mass is 9.87. The van der Waals surface area contributed by atoms with Gasteiger partial charge in [0.2, 0.25) is 11.7 Å². The number of aryl methyl sites for hydroxylation is 1. The molecule has 11 heteroatoms. The number of aromatic nitrogens is 2. The van der Waals surface area contributed by atoms with Gasteiger partial charge >= 0.3 is 6.18 Å². The van der Waals surface area contributed by atoms with E-state index in [-0.39, 0.29) is 18.2 Å². The molecule has 1 fully saturated rings. The number of carbonyl (C=O) groups is 2. The van der Waals surface area contributed by atoms with E-state index >= 15 is 0 Å². The predicted molar refractivity (Wildman–Crippen MR) is 132 cm³/mol. The van der Waals surface area contributed by atoms with Crippen LogP contribution < -0.4 is 4.74 Å². The zero-order valence-corrected chi connectivity index (χ0v) is 21.2. The van der Waals surface area contributed by atoms with Gasteiger partial charge in [0, 0.05) is 50.9 Å². The van der Waals surface area contributed by atoms with E-state index in [4.69, 9.17) is 9.47 Å². The number of piperidine rings is 1. The molecule has 0 radical (unpaired) electrons. The van der Waals surface area contributed by atoms with Crippen LogP contribution in [0.25, 0.3) is 10.9 Å². The largest absolute Gasteiger partial charge is 0.479 e. The van der Waals surface area contributed by atoms with Crippen molar-refractivity contribution in [1.82, 2.24) is 14.5 Å². The molecule has 0 spiro atoms. The van der Waals surface area contributed by atoms with Crippen LogP contribution in [0.2, 0.25) is 0 Å². The second-order valence-electron chi connectivity index (χ2n) is 9.29. The van der Waals surface area contributed by atoms with E-state index < -0.39 is 24.2 Å². The molecular weight excluding hydrogens is 506 g/mol. The lowest BCUT2D eigenvalue weighted by Gasteiger charge is -2.32. The maximum absolute atomic E-state index is 14.7. The molecule has 1 aliphatic heterocycles. The Balaban J connectivity index is 1.47. The summed E-state index contributed by atoms with van der Waals surface area (Å²) in [5.74, 6) is -2.18. The summed E-state index contributed by atoms with van der Waals surface area (Å²) in [4.78, 5) is 30.7. The van der Waals surface area contributed by atoms with Crippen LogP contribution >= 0.6 is 0 Å². The quantitative estimate of drug-likeness (QED) is 0.364. The molecule has 0 bridgehead atoms. The first-order valence-electron chi connectivity index (χ1n) is 12.3. The SMILES string of the molecule is COCCn1cc(C(=O)N2CCC(c3cc(CCC(=O)C(F)(F)F)ccc3F)CC2)c2ccnc(OC)c21. The van der Waals surface area contributed by atoms with E-state index in [0.29, 0.717) is 72.6 Å². The van der Waals surface area contributed by atoms with E-state index in [0.717, 1.165) is 0 Å². The zero-order chi connectivity index (χ0) is 27.4. The van der Waals surface area contributed by atoms with E-state index in [1.54, 1.807) is 36.5 Å². The lowest BCUT2D eigenvalue weighted by Crippen LogP contribution is -2.38. The van der Waals surface area contributed by atoms with E-state index in [9.17, 15) is 27.2 Å². The van der Waals surface area contributed by atoms with Gasteiger partial charge in [-0.2, -0.15) is 13.2 Å². The van der Waals surface area contributed by atoms with Gasteiger partial charge in [0.25, 0.3) is 5.91 Å². The minimum Gasteiger partial charge on any atom is -0.479 e. The molecule has 0 unspecified atom stereocenters. The number of fused-ring (bicyclic) bond motifs is 1. The van der Waals surface area contributed by atoms with Crippen LogP contribution in [-0.2, 0) is 22.5 Å². The van der Waals surface area contributed by atoms with Crippen LogP contribution in [0, 0.1) is 5.82 Å². The van der Waals surface area contributed by atoms with Gasteiger partial charge in [-0.1, -0.05) is 12.1 Å². The third kappa shape index (κ3) is 5.82. The molecule has 204 valence electrons. The van der Waals surface area contributed by atoms with Crippen LogP contribution in [0.5, 0.6) is 5.88 Å². The average molecular weight is 536 g/mol. The van der Waals surface area contributed by atoms with Gasteiger partial charge in [-0.15, -0.1) is 0 Å². The molecule has 7 nitrogen and oxygen atoms in total. The summed E-state index contributed by atoms with van der Waals surface area (Å²) < 4.78 is 64.7. The molecule has 2 aromatic heterocycles. The summed E-state index contributed by atoms with van der Waals surface area (Å²) in [5.41, 5.74) is 2.09. The van der Waals surface area contributed by atoms with Gasteiger partial charge in [-0.05, 0) is 48.4 Å². The number of benzene rings is 1. The van der Waals surface area contributed by atoms with Crippen LogP contribution in [0.1, 0.15) is 46.7 Å². The third-order valence-electron chi connectivity index (χ3n) is 6.95. The molecule has 1 aromatic carbocycles. The average Bonchev–Trinajstić information content (AvgIpc) is 3.29. The second kappa shape index (κ2) is 11.5. The number of ether oxygens (including phenoxy) is 2. The first-order chi connectivity index (χ1) is 18.1. The summed E-state index contributed by atoms with van der Waals surface area (Å²) in [6.45, 7) is 1.74. The second-order valence-corrected chi connectivity index (χ2v) is 9.29. The van der Waals surface area contributed by atoms with Crippen molar-refractivity contribution in [3.8, 4) is 5.88 Å². The highest BCUT2D eigenvalue weighted by atomic mass is 19.4. The molecule has 3 heterocycles. The number of halogens is 4. The van der Waals surface area contributed by atoms with Crippen molar-refractivity contribution in [3.05, 3.63) is 59.2 Å². The van der Waals surface area contributed by atoms with Crippen LogP contribution in [0.4, 0.5) is 17.6 Å². The number of hydrogen-bond acceptors (Lipinski definition) is 5. The van der Waals surface area contributed by atoms with Crippen molar-refractivity contribution < 1.29 is 36.6 Å². The van der Waals surface area contributed by atoms with Gasteiger partial charge in [0.15, 0.2) is 0 Å². The van der Waals surface area contributed by atoms with Gasteiger partial charge in [-0.25, -0.2) is 9.37 Å². The number of likely N-dealkylation sites (tertiary alicyclic amines) is 1. The Kier molecular flexibility index (Phi) is 8.35. The van der Waals surface area contributed by atoms with E-state index in [1.165, 1.54) is 19.2 Å². The zero-order valence-electron chi connectivity index (χ0n) is 21.2. The highest BCUT2D eigenvalue weighted by Crippen LogP contribution is 2.34. The maximum Gasteiger partial charge on any atom is 0.449 e. The van der Waals surface area contributed by atoms with Crippen molar-refractivity contribution in [2.45, 2.75) is 44.3 Å². The number of methoxy groups -OCH3 is 2. The van der Waals surface area contributed by atoms with E-state index in [1.807, 2.05) is 4.57 Å². The number of nitrogens with zero attached hydrogens (tertiary/aromatic N) is 3. The summed E-state index contributed by atoms with van der Waals surface area (Å²) in [6.07, 6.45) is -1.31. The predicted octanol–water partition coefficient (Wildman–Crippen LogP) is 4.91. The van der Waals surface area contributed by atoms with E-state index in [2.05, 4.69) is 4.98 Å². The fourth-order valence-corrected chi connectivity index (χ4v) is 4.93. The van der Waals surface area contributed by atoms with Crippen LogP contribution in [0.15, 0.2) is 36.7 Å². The monoisotopic (exact) mass is 535 g/mol. The third-order valence-corrected chi connectivity index (χ3v) is 6.95. The number of rotatable bonds is 9. The Hall–Kier alpha value is -3.47. The number of amides is 1. The number of Topliss-reactive ketones (excluding diaryl/α,β-unsaturated/α-hetero) is 1. The molecule has 1 saturated heterocycles. The highest BCUT2D eigenvalue weighted by Gasteiger charge is 2.37. The molecule has 0 atom stereocenters. The van der Waals surface area contributed by atoms with Crippen molar-refractivity contribution in [3.63, 3.8) is 0 Å². The smallest absolute Gasteiger partial charge is 0.449 e. The molecule has 38 heavy (non-hydrogen) atoms. The summed E-state index contributed by atoms with van der Waals surface area (Å²) in [5, 5.41) is 0.715. The molecule has 0 N–H and O–H groups in total. The Morgan fingerprint density at radius 3 is 2.53 bits per heavy atom. The molecule has 1 amide bonds. The lowest BCUT2D eigenvalue weighted by molar-refractivity contribution is -0.171. The normalized spacial score (nSPS) is 14.7. The minimum atomic E-state index is -4.88. The Bertz CT molecular complexity index is 1310. The molecule has 4 rings (SSSR count). The van der Waals surface area contributed by atoms with Crippen LogP contribution in [-0.4, -0.2) is 66.2 Å². The minimum absolute atomic E-state index is 0.117. The molecule has 1 aliphatic rings. The van der Waals surface area contributed by atoms with Gasteiger partial charge < -0.3 is 18.9 Å². The maximum atomic E-state index is 14.7. The number of alkyl halides is 3.